The van der Waals surface area contributed by atoms with Gasteiger partial charge < -0.3 is 15.2 Å². The minimum absolute atomic E-state index is 0.325. The fourth-order valence-electron chi connectivity index (χ4n) is 3.76. The van der Waals surface area contributed by atoms with Crippen molar-refractivity contribution in [2.24, 2.45) is 5.73 Å². The lowest BCUT2D eigenvalue weighted by Gasteiger charge is -2.21. The fourth-order valence-corrected chi connectivity index (χ4v) is 3.76. The summed E-state index contributed by atoms with van der Waals surface area (Å²) in [6.45, 7) is 1.91. The molecule has 2 aromatic heterocycles. The number of fused-ring (bicyclic) bond motifs is 1. The van der Waals surface area contributed by atoms with E-state index in [1.807, 2.05) is 12.4 Å². The molecule has 0 unspecified atom stereocenters. The highest BCUT2D eigenvalue weighted by Gasteiger charge is 2.27. The number of pyridine rings is 1. The van der Waals surface area contributed by atoms with Gasteiger partial charge in [-0.05, 0) is 44.2 Å². The SMILES string of the molecule is NC(=O)c1cc(N2CC[C@H](n3cnc4c3CCCC4)C2)ccn1. The van der Waals surface area contributed by atoms with E-state index < -0.39 is 5.91 Å². The maximum atomic E-state index is 11.3. The zero-order valence-electron chi connectivity index (χ0n) is 13.1. The van der Waals surface area contributed by atoms with E-state index in [0.717, 1.165) is 38.0 Å². The van der Waals surface area contributed by atoms with Crippen LogP contribution < -0.4 is 10.6 Å². The molecule has 1 amide bonds. The standard InChI is InChI=1S/C17H21N5O/c18-17(23)15-9-12(5-7-19-15)21-8-6-13(10-21)22-11-20-14-3-1-2-4-16(14)22/h5,7,9,11,13H,1-4,6,8,10H2,(H2,18,23)/t13-/m0/s1. The van der Waals surface area contributed by atoms with E-state index in [1.165, 1.54) is 24.2 Å². The Morgan fingerprint density at radius 1 is 1.26 bits per heavy atom. The molecule has 0 aromatic carbocycles. The first-order valence-corrected chi connectivity index (χ1v) is 8.28. The van der Waals surface area contributed by atoms with E-state index in [0.29, 0.717) is 11.7 Å². The lowest BCUT2D eigenvalue weighted by atomic mass is 10.0. The number of carbonyl (C=O) groups is 1. The van der Waals surface area contributed by atoms with Crippen LogP contribution in [-0.2, 0) is 12.8 Å². The van der Waals surface area contributed by atoms with Crippen LogP contribution in [0, 0.1) is 0 Å². The van der Waals surface area contributed by atoms with Crippen LogP contribution >= 0.6 is 0 Å². The Morgan fingerprint density at radius 2 is 2.13 bits per heavy atom. The van der Waals surface area contributed by atoms with Gasteiger partial charge in [-0.1, -0.05) is 0 Å². The quantitative estimate of drug-likeness (QED) is 0.936. The number of aromatic nitrogens is 3. The number of amides is 1. The summed E-state index contributed by atoms with van der Waals surface area (Å²) < 4.78 is 2.38. The minimum atomic E-state index is -0.480. The Balaban J connectivity index is 1.54. The Hall–Kier alpha value is -2.37. The summed E-state index contributed by atoms with van der Waals surface area (Å²) in [5.41, 5.74) is 9.39. The zero-order valence-corrected chi connectivity index (χ0v) is 13.1. The van der Waals surface area contributed by atoms with Crippen molar-refractivity contribution in [3.63, 3.8) is 0 Å². The van der Waals surface area contributed by atoms with Crippen LogP contribution in [0.3, 0.4) is 0 Å². The third-order valence-electron chi connectivity index (χ3n) is 4.98. The first kappa shape index (κ1) is 14.2. The number of nitrogens with zero attached hydrogens (tertiary/aromatic N) is 4. The average molecular weight is 311 g/mol. The Labute approximate surface area is 135 Å². The summed E-state index contributed by atoms with van der Waals surface area (Å²) in [4.78, 5) is 22.2. The van der Waals surface area contributed by atoms with Crippen molar-refractivity contribution >= 4 is 11.6 Å². The number of aryl methyl sites for hydroxylation is 1. The fraction of sp³-hybridized carbons (Fsp3) is 0.471. The van der Waals surface area contributed by atoms with Gasteiger partial charge in [0.15, 0.2) is 0 Å². The predicted molar refractivity (Wildman–Crippen MR) is 87.5 cm³/mol. The first-order valence-electron chi connectivity index (χ1n) is 8.28. The number of primary amides is 1. The summed E-state index contributed by atoms with van der Waals surface area (Å²) in [6.07, 6.45) is 9.55. The number of imidazole rings is 1. The van der Waals surface area contributed by atoms with Gasteiger partial charge in [0.1, 0.15) is 5.69 Å². The number of hydrogen-bond acceptors (Lipinski definition) is 4. The van der Waals surface area contributed by atoms with E-state index in [9.17, 15) is 4.79 Å². The molecule has 0 radical (unpaired) electrons. The molecule has 0 spiro atoms. The van der Waals surface area contributed by atoms with Crippen LogP contribution in [-0.4, -0.2) is 33.5 Å². The van der Waals surface area contributed by atoms with Gasteiger partial charge in [0.05, 0.1) is 18.1 Å². The van der Waals surface area contributed by atoms with Crippen LogP contribution in [0.4, 0.5) is 5.69 Å². The molecule has 2 aliphatic rings. The summed E-state index contributed by atoms with van der Waals surface area (Å²) in [5.74, 6) is -0.480. The van der Waals surface area contributed by atoms with Gasteiger partial charge in [-0.15, -0.1) is 0 Å². The van der Waals surface area contributed by atoms with E-state index in [4.69, 9.17) is 5.73 Å². The maximum Gasteiger partial charge on any atom is 0.267 e. The van der Waals surface area contributed by atoms with E-state index >= 15 is 0 Å². The monoisotopic (exact) mass is 311 g/mol. The van der Waals surface area contributed by atoms with Gasteiger partial charge in [0, 0.05) is 30.7 Å². The molecule has 4 rings (SSSR count). The molecular formula is C17H21N5O. The number of rotatable bonds is 3. The smallest absolute Gasteiger partial charge is 0.267 e. The number of hydrogen-bond donors (Lipinski definition) is 1. The van der Waals surface area contributed by atoms with Crippen molar-refractivity contribution in [1.29, 1.82) is 0 Å². The lowest BCUT2D eigenvalue weighted by molar-refractivity contribution is 0.0995. The van der Waals surface area contributed by atoms with Gasteiger partial charge in [0.25, 0.3) is 5.91 Å². The van der Waals surface area contributed by atoms with Crippen molar-refractivity contribution < 1.29 is 4.79 Å². The lowest BCUT2D eigenvalue weighted by Crippen LogP contribution is -2.22. The highest BCUT2D eigenvalue weighted by molar-refractivity contribution is 5.91. The molecule has 1 saturated heterocycles. The van der Waals surface area contributed by atoms with Crippen molar-refractivity contribution in [2.45, 2.75) is 38.1 Å². The van der Waals surface area contributed by atoms with E-state index in [1.54, 1.807) is 12.3 Å². The second-order valence-corrected chi connectivity index (χ2v) is 6.40. The molecule has 6 nitrogen and oxygen atoms in total. The van der Waals surface area contributed by atoms with Crippen molar-refractivity contribution in [1.82, 2.24) is 14.5 Å². The van der Waals surface area contributed by atoms with Gasteiger partial charge in [-0.3, -0.25) is 9.78 Å². The molecular weight excluding hydrogens is 290 g/mol. The van der Waals surface area contributed by atoms with Crippen LogP contribution in [0.15, 0.2) is 24.7 Å². The summed E-state index contributed by atoms with van der Waals surface area (Å²) in [5, 5.41) is 0. The van der Waals surface area contributed by atoms with E-state index in [2.05, 4.69) is 19.4 Å². The van der Waals surface area contributed by atoms with Crippen LogP contribution in [0.5, 0.6) is 0 Å². The van der Waals surface area contributed by atoms with Gasteiger partial charge >= 0.3 is 0 Å². The first-order chi connectivity index (χ1) is 11.2. The summed E-state index contributed by atoms with van der Waals surface area (Å²) >= 11 is 0. The van der Waals surface area contributed by atoms with Crippen molar-refractivity contribution in [2.75, 3.05) is 18.0 Å². The third-order valence-corrected chi connectivity index (χ3v) is 4.98. The highest BCUT2D eigenvalue weighted by atomic mass is 16.1. The number of anilines is 1. The number of nitrogens with two attached hydrogens (primary N) is 1. The Kier molecular flexibility index (Phi) is 3.52. The average Bonchev–Trinajstić information content (AvgIpc) is 3.21. The Morgan fingerprint density at radius 3 is 3.00 bits per heavy atom. The molecule has 23 heavy (non-hydrogen) atoms. The molecule has 1 fully saturated rings. The summed E-state index contributed by atoms with van der Waals surface area (Å²) in [6, 6.07) is 4.18. The molecule has 3 heterocycles. The molecule has 1 aliphatic carbocycles. The molecule has 1 atom stereocenters. The molecule has 0 saturated carbocycles. The van der Waals surface area contributed by atoms with Crippen LogP contribution in [0.2, 0.25) is 0 Å². The predicted octanol–water partition coefficient (Wildman–Crippen LogP) is 1.71. The van der Waals surface area contributed by atoms with Crippen molar-refractivity contribution in [3.8, 4) is 0 Å². The van der Waals surface area contributed by atoms with Gasteiger partial charge in [-0.2, -0.15) is 0 Å². The largest absolute Gasteiger partial charge is 0.369 e. The zero-order chi connectivity index (χ0) is 15.8. The molecule has 2 N–H and O–H groups in total. The number of carbonyl (C=O) groups excluding carboxylic acids is 1. The molecule has 1 aliphatic heterocycles. The minimum Gasteiger partial charge on any atom is -0.369 e. The second-order valence-electron chi connectivity index (χ2n) is 6.40. The Bertz CT molecular complexity index is 738. The second kappa shape index (κ2) is 5.68. The van der Waals surface area contributed by atoms with Crippen molar-refractivity contribution in [3.05, 3.63) is 41.7 Å². The molecule has 0 bridgehead atoms. The van der Waals surface area contributed by atoms with E-state index in [-0.39, 0.29) is 0 Å². The molecule has 120 valence electrons. The molecule has 2 aromatic rings. The van der Waals surface area contributed by atoms with Gasteiger partial charge in [0.2, 0.25) is 0 Å². The van der Waals surface area contributed by atoms with Crippen LogP contribution in [0.25, 0.3) is 0 Å². The topological polar surface area (TPSA) is 77.0 Å². The van der Waals surface area contributed by atoms with Crippen LogP contribution in [0.1, 0.15) is 47.2 Å². The normalized spacial score (nSPS) is 20.5. The maximum absolute atomic E-state index is 11.3. The highest BCUT2D eigenvalue weighted by Crippen LogP contribution is 2.30. The van der Waals surface area contributed by atoms with Gasteiger partial charge in [-0.25, -0.2) is 4.98 Å². The molecule has 6 heteroatoms. The third kappa shape index (κ3) is 2.58. The summed E-state index contributed by atoms with van der Waals surface area (Å²) in [7, 11) is 0.